The maximum Gasteiger partial charge on any atom is 0.235 e. The largest absolute Gasteiger partial charge is 0.310 e. The molecule has 1 N–H and O–H groups in total. The molecule has 7 nitrogen and oxygen atoms in total. The molecule has 0 saturated heterocycles. The number of benzene rings is 1. The number of aromatic nitrogens is 5. The molecule has 0 aliphatic rings. The molecule has 2 aromatic heterocycles. The van der Waals surface area contributed by atoms with Gasteiger partial charge in [-0.05, 0) is 33.3 Å². The van der Waals surface area contributed by atoms with Crippen LogP contribution in [-0.4, -0.2) is 36.2 Å². The lowest BCUT2D eigenvalue weighted by Crippen LogP contribution is -2.19. The van der Waals surface area contributed by atoms with E-state index in [1.54, 1.807) is 6.20 Å². The molecule has 0 radical (unpaired) electrons. The number of carbonyl (C=O) groups excluding carboxylic acids is 1. The standard InChI is InChI=1S/C20H26N6OS/c1-5-15(4)26-17(10-11-21-26)22-18(27)13-28-20-24-23-19(25(20)6-2)16-9-7-8-14(3)12-16/h7-12,15H,5-6,13H2,1-4H3,(H,22,27). The van der Waals surface area contributed by atoms with E-state index in [9.17, 15) is 4.79 Å². The van der Waals surface area contributed by atoms with E-state index < -0.39 is 0 Å². The van der Waals surface area contributed by atoms with Crippen molar-refractivity contribution in [2.24, 2.45) is 0 Å². The van der Waals surface area contributed by atoms with E-state index in [-0.39, 0.29) is 17.7 Å². The van der Waals surface area contributed by atoms with Crippen LogP contribution in [-0.2, 0) is 11.3 Å². The van der Waals surface area contributed by atoms with Gasteiger partial charge in [-0.25, -0.2) is 4.68 Å². The van der Waals surface area contributed by atoms with Crippen molar-refractivity contribution in [2.45, 2.75) is 51.9 Å². The molecule has 28 heavy (non-hydrogen) atoms. The zero-order chi connectivity index (χ0) is 20.1. The molecule has 0 spiro atoms. The van der Waals surface area contributed by atoms with Gasteiger partial charge in [-0.3, -0.25) is 4.79 Å². The molecule has 0 aliphatic heterocycles. The number of anilines is 1. The lowest BCUT2D eigenvalue weighted by atomic mass is 10.1. The van der Waals surface area contributed by atoms with Gasteiger partial charge in [0.2, 0.25) is 5.91 Å². The normalized spacial score (nSPS) is 12.1. The van der Waals surface area contributed by atoms with Crippen molar-refractivity contribution in [3.8, 4) is 11.4 Å². The van der Waals surface area contributed by atoms with Crippen molar-refractivity contribution in [1.82, 2.24) is 24.5 Å². The molecular weight excluding hydrogens is 372 g/mol. The molecule has 0 aliphatic carbocycles. The number of hydrogen-bond acceptors (Lipinski definition) is 5. The number of nitrogens with one attached hydrogen (secondary N) is 1. The quantitative estimate of drug-likeness (QED) is 0.576. The third-order valence-electron chi connectivity index (χ3n) is 4.59. The predicted molar refractivity (Wildman–Crippen MR) is 112 cm³/mol. The van der Waals surface area contributed by atoms with E-state index in [1.165, 1.54) is 17.3 Å². The number of nitrogens with zero attached hydrogens (tertiary/aromatic N) is 5. The Bertz CT molecular complexity index is 948. The third-order valence-corrected chi connectivity index (χ3v) is 5.55. The first kappa shape index (κ1) is 20.1. The van der Waals surface area contributed by atoms with Crippen molar-refractivity contribution in [3.63, 3.8) is 0 Å². The van der Waals surface area contributed by atoms with Crippen LogP contribution in [0.15, 0.2) is 41.7 Å². The number of thioether (sulfide) groups is 1. The number of aryl methyl sites for hydroxylation is 1. The third kappa shape index (κ3) is 4.44. The summed E-state index contributed by atoms with van der Waals surface area (Å²) in [4.78, 5) is 12.4. The van der Waals surface area contributed by atoms with Gasteiger partial charge in [0, 0.05) is 18.2 Å². The summed E-state index contributed by atoms with van der Waals surface area (Å²) in [6.45, 7) is 9.02. The minimum absolute atomic E-state index is 0.0854. The van der Waals surface area contributed by atoms with Gasteiger partial charge < -0.3 is 9.88 Å². The molecule has 3 rings (SSSR count). The molecule has 1 atom stereocenters. The lowest BCUT2D eigenvalue weighted by molar-refractivity contribution is -0.113. The highest BCUT2D eigenvalue weighted by Gasteiger charge is 2.16. The monoisotopic (exact) mass is 398 g/mol. The molecule has 3 aromatic rings. The van der Waals surface area contributed by atoms with Crippen LogP contribution in [0.4, 0.5) is 5.82 Å². The van der Waals surface area contributed by atoms with Crippen molar-refractivity contribution in [1.29, 1.82) is 0 Å². The molecule has 1 amide bonds. The highest BCUT2D eigenvalue weighted by Crippen LogP contribution is 2.25. The lowest BCUT2D eigenvalue weighted by Gasteiger charge is -2.14. The number of rotatable bonds is 8. The molecule has 1 unspecified atom stereocenters. The number of carbonyl (C=O) groups is 1. The molecule has 2 heterocycles. The average molecular weight is 399 g/mol. The molecule has 0 saturated carbocycles. The van der Waals surface area contributed by atoms with Gasteiger partial charge in [0.1, 0.15) is 5.82 Å². The van der Waals surface area contributed by atoms with Crippen LogP contribution in [0.1, 0.15) is 38.8 Å². The van der Waals surface area contributed by atoms with Crippen LogP contribution in [0.25, 0.3) is 11.4 Å². The fourth-order valence-corrected chi connectivity index (χ4v) is 3.73. The summed E-state index contributed by atoms with van der Waals surface area (Å²) in [5.74, 6) is 1.72. The summed E-state index contributed by atoms with van der Waals surface area (Å²) in [7, 11) is 0. The van der Waals surface area contributed by atoms with Gasteiger partial charge in [-0.2, -0.15) is 5.10 Å². The summed E-state index contributed by atoms with van der Waals surface area (Å²) >= 11 is 1.39. The molecule has 148 valence electrons. The summed E-state index contributed by atoms with van der Waals surface area (Å²) in [6, 6.07) is 10.2. The van der Waals surface area contributed by atoms with Gasteiger partial charge in [-0.1, -0.05) is 42.4 Å². The maximum absolute atomic E-state index is 12.4. The van der Waals surface area contributed by atoms with Gasteiger partial charge in [0.25, 0.3) is 0 Å². The van der Waals surface area contributed by atoms with Crippen LogP contribution < -0.4 is 5.32 Å². The van der Waals surface area contributed by atoms with Gasteiger partial charge in [0.05, 0.1) is 18.0 Å². The SMILES string of the molecule is CCC(C)n1nccc1NC(=O)CSc1nnc(-c2cccc(C)c2)n1CC. The van der Waals surface area contributed by atoms with Crippen LogP contribution in [0.5, 0.6) is 0 Å². The smallest absolute Gasteiger partial charge is 0.235 e. The Labute approximate surface area is 169 Å². The number of amides is 1. The van der Waals surface area contributed by atoms with Crippen LogP contribution in [0.2, 0.25) is 0 Å². The van der Waals surface area contributed by atoms with Gasteiger partial charge in [0.15, 0.2) is 11.0 Å². The zero-order valence-corrected chi connectivity index (χ0v) is 17.5. The highest BCUT2D eigenvalue weighted by molar-refractivity contribution is 7.99. The van der Waals surface area contributed by atoms with E-state index in [4.69, 9.17) is 0 Å². The second-order valence-corrected chi connectivity index (χ2v) is 7.62. The molecule has 0 fully saturated rings. The van der Waals surface area contributed by atoms with Crippen molar-refractivity contribution in [2.75, 3.05) is 11.1 Å². The highest BCUT2D eigenvalue weighted by atomic mass is 32.2. The van der Waals surface area contributed by atoms with Crippen LogP contribution >= 0.6 is 11.8 Å². The van der Waals surface area contributed by atoms with E-state index in [0.717, 1.165) is 35.3 Å². The second kappa shape index (κ2) is 9.05. The van der Waals surface area contributed by atoms with E-state index in [2.05, 4.69) is 60.4 Å². The Morgan fingerprint density at radius 1 is 1.25 bits per heavy atom. The van der Waals surface area contributed by atoms with Crippen molar-refractivity contribution >= 4 is 23.5 Å². The molecular formula is C20H26N6OS. The minimum atomic E-state index is -0.0854. The summed E-state index contributed by atoms with van der Waals surface area (Å²) in [5, 5.41) is 16.6. The second-order valence-electron chi connectivity index (χ2n) is 6.68. The average Bonchev–Trinajstić information content (AvgIpc) is 3.32. The van der Waals surface area contributed by atoms with E-state index in [0.29, 0.717) is 0 Å². The summed E-state index contributed by atoms with van der Waals surface area (Å²) in [6.07, 6.45) is 2.65. The van der Waals surface area contributed by atoms with Gasteiger partial charge in [-0.15, -0.1) is 10.2 Å². The molecule has 8 heteroatoms. The van der Waals surface area contributed by atoms with Crippen LogP contribution in [0.3, 0.4) is 0 Å². The maximum atomic E-state index is 12.4. The summed E-state index contributed by atoms with van der Waals surface area (Å²) in [5.41, 5.74) is 2.21. The fraction of sp³-hybridized carbons (Fsp3) is 0.400. The Kier molecular flexibility index (Phi) is 6.51. The topological polar surface area (TPSA) is 77.6 Å². The van der Waals surface area contributed by atoms with E-state index in [1.807, 2.05) is 27.4 Å². The fourth-order valence-electron chi connectivity index (χ4n) is 2.92. The van der Waals surface area contributed by atoms with Gasteiger partial charge >= 0.3 is 0 Å². The molecule has 0 bridgehead atoms. The number of hydrogen-bond donors (Lipinski definition) is 1. The molecule has 1 aromatic carbocycles. The first-order valence-electron chi connectivity index (χ1n) is 9.49. The Balaban J connectivity index is 1.68. The van der Waals surface area contributed by atoms with E-state index >= 15 is 0 Å². The Hall–Kier alpha value is -2.61. The van der Waals surface area contributed by atoms with Crippen molar-refractivity contribution < 1.29 is 4.79 Å². The predicted octanol–water partition coefficient (Wildman–Crippen LogP) is 4.17. The Morgan fingerprint density at radius 3 is 2.79 bits per heavy atom. The first-order chi connectivity index (χ1) is 13.5. The first-order valence-corrected chi connectivity index (χ1v) is 10.5. The zero-order valence-electron chi connectivity index (χ0n) is 16.7. The minimum Gasteiger partial charge on any atom is -0.310 e. The summed E-state index contributed by atoms with van der Waals surface area (Å²) < 4.78 is 3.88. The van der Waals surface area contributed by atoms with Crippen LogP contribution in [0, 0.1) is 6.92 Å². The Morgan fingerprint density at radius 2 is 2.07 bits per heavy atom. The van der Waals surface area contributed by atoms with Crippen molar-refractivity contribution in [3.05, 3.63) is 42.1 Å².